The first-order chi connectivity index (χ1) is 9.24. The van der Waals surface area contributed by atoms with E-state index >= 15 is 0 Å². The topological polar surface area (TPSA) is 41.6 Å². The lowest BCUT2D eigenvalue weighted by Gasteiger charge is -2.27. The second-order valence-corrected chi connectivity index (χ2v) is 5.44. The van der Waals surface area contributed by atoms with Gasteiger partial charge < -0.3 is 15.0 Å². The Morgan fingerprint density at radius 1 is 1.37 bits per heavy atom. The molecule has 0 aromatic heterocycles. The highest BCUT2D eigenvalue weighted by molar-refractivity contribution is 5.97. The maximum atomic E-state index is 11.7. The van der Waals surface area contributed by atoms with Crippen LogP contribution in [0.15, 0.2) is 18.2 Å². The van der Waals surface area contributed by atoms with E-state index in [1.807, 2.05) is 13.1 Å². The number of fused-ring (bicyclic) bond motifs is 1. The van der Waals surface area contributed by atoms with Crippen LogP contribution in [0.5, 0.6) is 5.75 Å². The summed E-state index contributed by atoms with van der Waals surface area (Å²) in [6.07, 6.45) is 3.57. The Bertz CT molecular complexity index is 481. The Labute approximate surface area is 113 Å². The lowest BCUT2D eigenvalue weighted by molar-refractivity contribution is -0.120. The Hall–Kier alpha value is -1.55. The fourth-order valence-electron chi connectivity index (χ4n) is 2.86. The Morgan fingerprint density at radius 2 is 2.16 bits per heavy atom. The molecule has 3 rings (SSSR count). The minimum Gasteiger partial charge on any atom is -0.482 e. The molecule has 19 heavy (non-hydrogen) atoms. The molecular weight excluding hydrogens is 240 g/mol. The number of ether oxygens (including phenoxy) is 1. The van der Waals surface area contributed by atoms with Crippen LogP contribution in [0.4, 0.5) is 5.69 Å². The lowest BCUT2D eigenvalue weighted by Crippen LogP contribution is -2.35. The zero-order chi connectivity index (χ0) is 13.2. The van der Waals surface area contributed by atoms with Gasteiger partial charge in [-0.2, -0.15) is 0 Å². The number of hydrogen-bond acceptors (Lipinski definition) is 3. The average molecular weight is 260 g/mol. The number of carbonyl (C=O) groups is 1. The third kappa shape index (κ3) is 2.59. The van der Waals surface area contributed by atoms with Crippen molar-refractivity contribution in [2.45, 2.75) is 19.3 Å². The number of benzene rings is 1. The van der Waals surface area contributed by atoms with E-state index in [4.69, 9.17) is 4.74 Å². The molecule has 1 N–H and O–H groups in total. The van der Waals surface area contributed by atoms with Gasteiger partial charge in [0.2, 0.25) is 0 Å². The van der Waals surface area contributed by atoms with Crippen LogP contribution in [0, 0.1) is 5.92 Å². The number of rotatable bonds is 2. The Balaban J connectivity index is 1.78. The molecule has 1 saturated heterocycles. The predicted octanol–water partition coefficient (Wildman–Crippen LogP) is 1.58. The maximum Gasteiger partial charge on any atom is 0.264 e. The van der Waals surface area contributed by atoms with Crippen molar-refractivity contribution < 1.29 is 9.53 Å². The smallest absolute Gasteiger partial charge is 0.264 e. The van der Waals surface area contributed by atoms with E-state index in [2.05, 4.69) is 17.4 Å². The van der Waals surface area contributed by atoms with Crippen LogP contribution >= 0.6 is 0 Å². The molecule has 0 unspecified atom stereocenters. The zero-order valence-corrected chi connectivity index (χ0v) is 11.3. The van der Waals surface area contributed by atoms with Gasteiger partial charge in [0.25, 0.3) is 5.91 Å². The van der Waals surface area contributed by atoms with Gasteiger partial charge in [-0.05, 0) is 56.0 Å². The van der Waals surface area contributed by atoms with E-state index < -0.39 is 0 Å². The monoisotopic (exact) mass is 260 g/mol. The van der Waals surface area contributed by atoms with Crippen LogP contribution in [0.2, 0.25) is 0 Å². The number of anilines is 1. The number of piperidine rings is 1. The minimum atomic E-state index is 0.0199. The molecule has 0 saturated carbocycles. The summed E-state index contributed by atoms with van der Waals surface area (Å²) in [5, 5.41) is 3.39. The SMILES string of the molecule is CN1C(=O)COc2ccc(CC3CCNCC3)cc21. The molecule has 1 fully saturated rings. The van der Waals surface area contributed by atoms with Gasteiger partial charge in [-0.3, -0.25) is 4.79 Å². The van der Waals surface area contributed by atoms with Crippen molar-refractivity contribution in [2.75, 3.05) is 31.6 Å². The highest BCUT2D eigenvalue weighted by atomic mass is 16.5. The molecule has 2 aliphatic rings. The van der Waals surface area contributed by atoms with Crippen molar-refractivity contribution in [3.05, 3.63) is 23.8 Å². The molecule has 1 aromatic carbocycles. The highest BCUT2D eigenvalue weighted by Gasteiger charge is 2.23. The molecule has 4 heteroatoms. The van der Waals surface area contributed by atoms with Gasteiger partial charge in [0.05, 0.1) is 5.69 Å². The average Bonchev–Trinajstić information content (AvgIpc) is 2.45. The molecule has 0 bridgehead atoms. The molecule has 2 heterocycles. The van der Waals surface area contributed by atoms with Crippen LogP contribution in [0.3, 0.4) is 0 Å². The van der Waals surface area contributed by atoms with Gasteiger partial charge in [-0.25, -0.2) is 0 Å². The van der Waals surface area contributed by atoms with Crippen molar-refractivity contribution >= 4 is 11.6 Å². The summed E-state index contributed by atoms with van der Waals surface area (Å²) < 4.78 is 5.45. The Morgan fingerprint density at radius 3 is 2.95 bits per heavy atom. The first-order valence-corrected chi connectivity index (χ1v) is 6.97. The predicted molar refractivity (Wildman–Crippen MR) is 74.6 cm³/mol. The van der Waals surface area contributed by atoms with E-state index in [0.29, 0.717) is 0 Å². The lowest BCUT2D eigenvalue weighted by atomic mass is 9.91. The van der Waals surface area contributed by atoms with Gasteiger partial charge in [0, 0.05) is 7.05 Å². The normalized spacial score (nSPS) is 20.1. The fraction of sp³-hybridized carbons (Fsp3) is 0.533. The molecule has 102 valence electrons. The van der Waals surface area contributed by atoms with E-state index in [1.165, 1.54) is 18.4 Å². The van der Waals surface area contributed by atoms with Crippen LogP contribution < -0.4 is 15.0 Å². The summed E-state index contributed by atoms with van der Waals surface area (Å²) in [4.78, 5) is 13.3. The molecule has 0 aliphatic carbocycles. The standard InChI is InChI=1S/C15H20N2O2/c1-17-13-9-12(8-11-4-6-16-7-5-11)2-3-14(13)19-10-15(17)18/h2-3,9,11,16H,4-8,10H2,1H3. The van der Waals surface area contributed by atoms with E-state index in [-0.39, 0.29) is 12.5 Å². The summed E-state index contributed by atoms with van der Waals surface area (Å²) >= 11 is 0. The van der Waals surface area contributed by atoms with Gasteiger partial charge in [-0.1, -0.05) is 6.07 Å². The van der Waals surface area contributed by atoms with Gasteiger partial charge in [0.1, 0.15) is 5.75 Å². The third-order valence-electron chi connectivity index (χ3n) is 4.09. The minimum absolute atomic E-state index is 0.0199. The fourth-order valence-corrected chi connectivity index (χ4v) is 2.86. The third-order valence-corrected chi connectivity index (χ3v) is 4.09. The van der Waals surface area contributed by atoms with Crippen LogP contribution in [-0.4, -0.2) is 32.7 Å². The van der Waals surface area contributed by atoms with Crippen molar-refractivity contribution in [3.8, 4) is 5.75 Å². The number of likely N-dealkylation sites (N-methyl/N-ethyl adjacent to an activating group) is 1. The van der Waals surface area contributed by atoms with Crippen LogP contribution in [0.25, 0.3) is 0 Å². The van der Waals surface area contributed by atoms with Crippen LogP contribution in [0.1, 0.15) is 18.4 Å². The van der Waals surface area contributed by atoms with Crippen molar-refractivity contribution in [2.24, 2.45) is 5.92 Å². The summed E-state index contributed by atoms with van der Waals surface area (Å²) in [5.74, 6) is 1.59. The number of amides is 1. The Kier molecular flexibility index (Phi) is 3.42. The number of nitrogens with zero attached hydrogens (tertiary/aromatic N) is 1. The molecule has 4 nitrogen and oxygen atoms in total. The molecule has 0 radical (unpaired) electrons. The second kappa shape index (κ2) is 5.21. The number of carbonyl (C=O) groups excluding carboxylic acids is 1. The van der Waals surface area contributed by atoms with E-state index in [0.717, 1.165) is 36.9 Å². The van der Waals surface area contributed by atoms with Crippen molar-refractivity contribution in [3.63, 3.8) is 0 Å². The zero-order valence-electron chi connectivity index (χ0n) is 11.3. The first-order valence-electron chi connectivity index (χ1n) is 6.97. The summed E-state index contributed by atoms with van der Waals surface area (Å²) in [6.45, 7) is 2.39. The molecule has 1 aromatic rings. The first kappa shape index (κ1) is 12.5. The molecular formula is C15H20N2O2. The maximum absolute atomic E-state index is 11.7. The quantitative estimate of drug-likeness (QED) is 0.878. The number of hydrogen-bond donors (Lipinski definition) is 1. The molecule has 0 atom stereocenters. The largest absolute Gasteiger partial charge is 0.482 e. The van der Waals surface area contributed by atoms with E-state index in [9.17, 15) is 4.79 Å². The highest BCUT2D eigenvalue weighted by Crippen LogP contribution is 2.33. The number of nitrogens with one attached hydrogen (secondary N) is 1. The van der Waals surface area contributed by atoms with Gasteiger partial charge in [-0.15, -0.1) is 0 Å². The van der Waals surface area contributed by atoms with Gasteiger partial charge in [0.15, 0.2) is 6.61 Å². The van der Waals surface area contributed by atoms with Crippen molar-refractivity contribution in [1.29, 1.82) is 0 Å². The van der Waals surface area contributed by atoms with E-state index in [1.54, 1.807) is 4.90 Å². The molecule has 0 spiro atoms. The van der Waals surface area contributed by atoms with Crippen LogP contribution in [-0.2, 0) is 11.2 Å². The summed E-state index contributed by atoms with van der Waals surface area (Å²) in [7, 11) is 1.82. The summed E-state index contributed by atoms with van der Waals surface area (Å²) in [5.41, 5.74) is 2.21. The second-order valence-electron chi connectivity index (χ2n) is 5.44. The summed E-state index contributed by atoms with van der Waals surface area (Å²) in [6, 6.07) is 6.23. The van der Waals surface area contributed by atoms with Crippen molar-refractivity contribution in [1.82, 2.24) is 5.32 Å². The molecule has 2 aliphatic heterocycles. The van der Waals surface area contributed by atoms with Gasteiger partial charge >= 0.3 is 0 Å². The molecule has 1 amide bonds.